The number of aliphatic carboxylic acids is 1. The molecule has 17 heteroatoms. The SMILES string of the molecule is [2H]C([2H])([2H])C([2H])(C(=O)Nc1nc(-c2cc(O[C@@H]3C[C@@H](C(=O)N[C@]4(C(=O)O)C[C@H]4C=C)N(C(=O)[C@@H](NC(=O)OC4CCCC4)C(C)(C)C)C3)c3ccc(OC)c(Br)c3n2)cs1)C([2H])([2H])[2H]. The largest absolute Gasteiger partial charge is 0.495 e. The van der Waals surface area contributed by atoms with E-state index in [1.807, 2.05) is 0 Å². The van der Waals surface area contributed by atoms with Crippen LogP contribution in [0.25, 0.3) is 22.3 Å². The molecular weight excluding hydrogens is 820 g/mol. The number of carboxylic acid groups (broad SMARTS) is 1. The summed E-state index contributed by atoms with van der Waals surface area (Å²) in [6, 6.07) is 2.41. The van der Waals surface area contributed by atoms with Crippen molar-refractivity contribution in [2.75, 3.05) is 19.0 Å². The Morgan fingerprint density at radius 2 is 1.88 bits per heavy atom. The van der Waals surface area contributed by atoms with Gasteiger partial charge in [-0.3, -0.25) is 14.4 Å². The summed E-state index contributed by atoms with van der Waals surface area (Å²) in [6.07, 6.45) is 2.69. The standard InChI is InChI=1S/C40H49BrN6O9S/c1-8-21-17-40(21,36(51)52)46-34(49)27-15-23(18-47(27)35(50)32(39(4,5)6)44-38(53)56-22-11-9-10-12-22)55-29-16-25(26-19-57-37(43-26)45-33(48)20(2)3)42-31-24(29)13-14-28(54-7)30(31)41/h8,13-14,16,19-23,27,32H,1,9-12,15,17-18H2,2-7H3,(H,44,53)(H,46,49)(H,51,52)(H,43,45,48)/t21-,23-,27+,32-,40-/m1/s1/i2D3,3D3,20D. The van der Waals surface area contributed by atoms with Gasteiger partial charge >= 0.3 is 12.1 Å². The normalized spacial score (nSPS) is 25.0. The average molecular weight is 877 g/mol. The molecule has 3 aliphatic rings. The molecule has 1 saturated heterocycles. The molecule has 4 N–H and O–H groups in total. The van der Waals surface area contributed by atoms with Gasteiger partial charge in [0, 0.05) is 44.7 Å². The number of nitrogens with zero attached hydrogens (tertiary/aromatic N) is 3. The van der Waals surface area contributed by atoms with E-state index in [2.05, 4.69) is 43.4 Å². The van der Waals surface area contributed by atoms with E-state index in [1.165, 1.54) is 29.5 Å². The number of hydrogen-bond acceptors (Lipinski definition) is 11. The average Bonchev–Trinajstić information content (AvgIpc) is 3.61. The number of carbonyl (C=O) groups excluding carboxylic acids is 4. The molecule has 1 aromatic carbocycles. The topological polar surface area (TPSA) is 198 Å². The fourth-order valence-corrected chi connectivity index (χ4v) is 8.50. The Morgan fingerprint density at radius 3 is 2.51 bits per heavy atom. The van der Waals surface area contributed by atoms with Crippen molar-refractivity contribution in [2.45, 2.75) is 103 Å². The molecule has 2 aliphatic carbocycles. The van der Waals surface area contributed by atoms with Crippen molar-refractivity contribution in [1.82, 2.24) is 25.5 Å². The Bertz CT molecular complexity index is 2340. The number of fused-ring (bicyclic) bond motifs is 1. The fraction of sp³-hybridized carbons (Fsp3) is 0.525. The number of thiazole rings is 1. The van der Waals surface area contributed by atoms with Crippen molar-refractivity contribution in [2.24, 2.45) is 17.2 Å². The van der Waals surface area contributed by atoms with Crippen molar-refractivity contribution in [3.63, 3.8) is 0 Å². The summed E-state index contributed by atoms with van der Waals surface area (Å²) in [7, 11) is 1.45. The van der Waals surface area contributed by atoms with Crippen molar-refractivity contribution < 1.29 is 52.9 Å². The minimum atomic E-state index is -3.52. The third-order valence-corrected chi connectivity index (χ3v) is 11.9. The van der Waals surface area contributed by atoms with Gasteiger partial charge in [-0.15, -0.1) is 17.9 Å². The number of ether oxygens (including phenoxy) is 3. The van der Waals surface area contributed by atoms with Crippen LogP contribution in [0.3, 0.4) is 0 Å². The number of amides is 4. The highest BCUT2D eigenvalue weighted by atomic mass is 79.9. The molecule has 2 saturated carbocycles. The number of nitrogens with one attached hydrogen (secondary N) is 3. The fourth-order valence-electron chi connectivity index (χ4n) is 7.20. The Morgan fingerprint density at radius 1 is 1.14 bits per heavy atom. The summed E-state index contributed by atoms with van der Waals surface area (Å²) in [5.41, 5.74) is -1.90. The number of alkyl carbamates (subject to hydrolysis) is 1. The van der Waals surface area contributed by atoms with Crippen molar-refractivity contribution in [3.8, 4) is 22.9 Å². The van der Waals surface area contributed by atoms with Gasteiger partial charge in [-0.25, -0.2) is 19.6 Å². The Balaban J connectivity index is 1.35. The van der Waals surface area contributed by atoms with Crippen LogP contribution in [0.4, 0.5) is 9.93 Å². The van der Waals surface area contributed by atoms with Crippen LogP contribution in [0.2, 0.25) is 0 Å². The van der Waals surface area contributed by atoms with E-state index in [0.717, 1.165) is 24.2 Å². The molecular formula is C40H49BrN6O9S. The lowest BCUT2D eigenvalue weighted by Crippen LogP contribution is -2.59. The minimum Gasteiger partial charge on any atom is -0.495 e. The monoisotopic (exact) mass is 875 g/mol. The van der Waals surface area contributed by atoms with E-state index in [0.29, 0.717) is 34.0 Å². The van der Waals surface area contributed by atoms with Crippen LogP contribution in [0.5, 0.6) is 11.5 Å². The summed E-state index contributed by atoms with van der Waals surface area (Å²) in [5.74, 6) is -7.71. The van der Waals surface area contributed by atoms with Gasteiger partial charge in [-0.1, -0.05) is 40.6 Å². The molecule has 1 aliphatic heterocycles. The van der Waals surface area contributed by atoms with Crippen molar-refractivity contribution in [3.05, 3.63) is 40.7 Å². The predicted octanol–water partition coefficient (Wildman–Crippen LogP) is 6.30. The smallest absolute Gasteiger partial charge is 0.408 e. The first-order chi connectivity index (χ1) is 29.7. The van der Waals surface area contributed by atoms with Gasteiger partial charge in [0.25, 0.3) is 0 Å². The Labute approximate surface area is 353 Å². The lowest BCUT2D eigenvalue weighted by Gasteiger charge is -2.35. The highest BCUT2D eigenvalue weighted by Gasteiger charge is 2.61. The lowest BCUT2D eigenvalue weighted by molar-refractivity contribution is -0.146. The molecule has 3 heterocycles. The number of carboxylic acids is 1. The summed E-state index contributed by atoms with van der Waals surface area (Å²) in [4.78, 5) is 78.0. The number of anilines is 1. The molecule has 6 rings (SSSR count). The summed E-state index contributed by atoms with van der Waals surface area (Å²) >= 11 is 4.35. The van der Waals surface area contributed by atoms with Crippen molar-refractivity contribution in [1.29, 1.82) is 0 Å². The number of hydrogen-bond donors (Lipinski definition) is 4. The maximum absolute atomic E-state index is 14.7. The summed E-state index contributed by atoms with van der Waals surface area (Å²) < 4.78 is 72.3. The molecule has 306 valence electrons. The quantitative estimate of drug-likeness (QED) is 0.141. The Hall–Kier alpha value is -4.77. The third-order valence-electron chi connectivity index (χ3n) is 10.4. The number of aromatic nitrogens is 2. The van der Waals surface area contributed by atoms with Gasteiger partial charge in [0.05, 0.1) is 29.3 Å². The number of pyridine rings is 1. The molecule has 0 spiro atoms. The van der Waals surface area contributed by atoms with Crippen molar-refractivity contribution >= 4 is 73.1 Å². The van der Waals surface area contributed by atoms with Crippen LogP contribution >= 0.6 is 27.3 Å². The van der Waals surface area contributed by atoms with Gasteiger partial charge in [-0.2, -0.15) is 0 Å². The first kappa shape index (κ1) is 33.2. The third kappa shape index (κ3) is 8.88. The van der Waals surface area contributed by atoms with Gasteiger partial charge in [0.2, 0.25) is 17.7 Å². The van der Waals surface area contributed by atoms with Crippen LogP contribution in [-0.4, -0.2) is 93.2 Å². The first-order valence-electron chi connectivity index (χ1n) is 21.8. The van der Waals surface area contributed by atoms with E-state index in [9.17, 15) is 29.1 Å². The molecule has 0 radical (unpaired) electrons. The van der Waals surface area contributed by atoms with Crippen LogP contribution < -0.4 is 25.4 Å². The van der Waals surface area contributed by atoms with Crippen LogP contribution in [0, 0.1) is 17.2 Å². The molecule has 3 fully saturated rings. The molecule has 5 atom stereocenters. The number of halogens is 1. The molecule has 0 bridgehead atoms. The molecule has 4 amide bonds. The second-order valence-corrected chi connectivity index (χ2v) is 17.1. The second kappa shape index (κ2) is 16.6. The zero-order valence-electron chi connectivity index (χ0n) is 38.8. The zero-order chi connectivity index (χ0) is 47.3. The first-order valence-corrected chi connectivity index (χ1v) is 20.0. The second-order valence-electron chi connectivity index (χ2n) is 15.4. The van der Waals surface area contributed by atoms with Gasteiger partial charge in [0.1, 0.15) is 47.0 Å². The highest BCUT2D eigenvalue weighted by molar-refractivity contribution is 9.10. The van der Waals surface area contributed by atoms with E-state index < -0.39 is 84.4 Å². The minimum absolute atomic E-state index is 0.104. The van der Waals surface area contributed by atoms with Gasteiger partial charge in [0.15, 0.2) is 5.13 Å². The number of methoxy groups -OCH3 is 1. The number of rotatable bonds is 13. The van der Waals surface area contributed by atoms with E-state index >= 15 is 0 Å². The van der Waals surface area contributed by atoms with Crippen LogP contribution in [-0.2, 0) is 23.9 Å². The van der Waals surface area contributed by atoms with E-state index in [1.54, 1.807) is 32.9 Å². The summed E-state index contributed by atoms with van der Waals surface area (Å²) in [5, 5.41) is 19.4. The zero-order valence-corrected chi connectivity index (χ0v) is 34.2. The Kier molecular flexibility index (Phi) is 9.68. The predicted molar refractivity (Wildman–Crippen MR) is 217 cm³/mol. The summed E-state index contributed by atoms with van der Waals surface area (Å²) in [6.45, 7) is 1.72. The molecule has 57 heavy (non-hydrogen) atoms. The van der Waals surface area contributed by atoms with Crippen LogP contribution in [0.1, 0.15) is 82.6 Å². The lowest BCUT2D eigenvalue weighted by atomic mass is 9.85. The highest BCUT2D eigenvalue weighted by Crippen LogP contribution is 2.45. The number of likely N-dealkylation sites (tertiary alicyclic amines) is 1. The number of benzene rings is 1. The van der Waals surface area contributed by atoms with Gasteiger partial charge in [-0.05, 0) is 65.6 Å². The maximum Gasteiger partial charge on any atom is 0.408 e. The van der Waals surface area contributed by atoms with E-state index in [4.69, 9.17) is 28.8 Å². The number of carbonyl (C=O) groups is 5. The van der Waals surface area contributed by atoms with Gasteiger partial charge < -0.3 is 40.2 Å². The molecule has 15 nitrogen and oxygen atoms in total. The van der Waals surface area contributed by atoms with E-state index in [-0.39, 0.29) is 47.8 Å². The molecule has 2 aromatic heterocycles. The molecule has 0 unspecified atom stereocenters. The molecule has 3 aromatic rings. The van der Waals surface area contributed by atoms with Crippen LogP contribution in [0.15, 0.2) is 40.7 Å². The maximum atomic E-state index is 14.7.